The number of rotatable bonds is 7. The molecule has 106 valence electrons. The van der Waals surface area contributed by atoms with Gasteiger partial charge in [0.25, 0.3) is 0 Å². The van der Waals surface area contributed by atoms with Crippen LogP contribution >= 0.6 is 0 Å². The van der Waals surface area contributed by atoms with E-state index < -0.39 is 5.41 Å². The van der Waals surface area contributed by atoms with Crippen LogP contribution in [-0.4, -0.2) is 18.4 Å². The van der Waals surface area contributed by atoms with Gasteiger partial charge in [-0.3, -0.25) is 9.59 Å². The van der Waals surface area contributed by atoms with Crippen LogP contribution in [-0.2, 0) is 20.7 Å². The molecular weight excluding hydrogens is 252 g/mol. The minimum Gasteiger partial charge on any atom is -0.465 e. The van der Waals surface area contributed by atoms with Gasteiger partial charge in [0, 0.05) is 12.3 Å². The van der Waals surface area contributed by atoms with Gasteiger partial charge < -0.3 is 4.74 Å². The second-order valence-corrected chi connectivity index (χ2v) is 5.15. The third kappa shape index (κ3) is 2.67. The Balaban J connectivity index is 2.02. The zero-order valence-electron chi connectivity index (χ0n) is 11.8. The largest absolute Gasteiger partial charge is 0.465 e. The van der Waals surface area contributed by atoms with Crippen molar-refractivity contribution < 1.29 is 14.3 Å². The average molecular weight is 272 g/mol. The highest BCUT2D eigenvalue weighted by Crippen LogP contribution is 2.55. The topological polar surface area (TPSA) is 43.4 Å². The van der Waals surface area contributed by atoms with E-state index in [2.05, 4.69) is 6.58 Å². The lowest BCUT2D eigenvalue weighted by Crippen LogP contribution is -2.30. The third-order valence-corrected chi connectivity index (χ3v) is 3.92. The van der Waals surface area contributed by atoms with Gasteiger partial charge in [0.15, 0.2) is 5.78 Å². The highest BCUT2D eigenvalue weighted by atomic mass is 16.5. The predicted molar refractivity (Wildman–Crippen MR) is 77.1 cm³/mol. The molecule has 0 saturated heterocycles. The molecule has 1 aromatic carbocycles. The highest BCUT2D eigenvalue weighted by molar-refractivity contribution is 6.07. The maximum absolute atomic E-state index is 12.4. The Morgan fingerprint density at radius 2 is 2.10 bits per heavy atom. The van der Waals surface area contributed by atoms with Crippen LogP contribution in [0.25, 0.3) is 0 Å². The molecule has 0 amide bonds. The Labute approximate surface area is 119 Å². The number of hydrogen-bond donors (Lipinski definition) is 0. The van der Waals surface area contributed by atoms with Gasteiger partial charge >= 0.3 is 5.97 Å². The molecule has 20 heavy (non-hydrogen) atoms. The molecule has 1 fully saturated rings. The number of carbonyl (C=O) groups excluding carboxylic acids is 2. The molecule has 0 aromatic heterocycles. The molecule has 3 heteroatoms. The fourth-order valence-corrected chi connectivity index (χ4v) is 2.63. The molecule has 1 aromatic rings. The monoisotopic (exact) mass is 272 g/mol. The number of aryl methyl sites for hydroxylation is 1. The lowest BCUT2D eigenvalue weighted by molar-refractivity contribution is -0.154. The van der Waals surface area contributed by atoms with E-state index in [1.165, 1.54) is 0 Å². The molecule has 0 bridgehead atoms. The molecule has 0 N–H and O–H groups in total. The van der Waals surface area contributed by atoms with Crippen molar-refractivity contribution in [3.8, 4) is 0 Å². The van der Waals surface area contributed by atoms with E-state index in [4.69, 9.17) is 4.74 Å². The SMILES string of the molecule is C=CC1CC1(C(=O)CCc1ccccc1)C(=O)OCC. The first-order valence-corrected chi connectivity index (χ1v) is 7.02. The number of Topliss-reactive ketones (excluding diaryl/α,β-unsaturated/α-hetero) is 1. The van der Waals surface area contributed by atoms with Crippen LogP contribution in [0.5, 0.6) is 0 Å². The summed E-state index contributed by atoms with van der Waals surface area (Å²) in [5, 5.41) is 0. The van der Waals surface area contributed by atoms with Crippen molar-refractivity contribution in [2.45, 2.75) is 26.2 Å². The molecule has 2 rings (SSSR count). The highest BCUT2D eigenvalue weighted by Gasteiger charge is 2.64. The molecular formula is C17H20O3. The molecule has 0 radical (unpaired) electrons. The molecule has 0 heterocycles. The van der Waals surface area contributed by atoms with Crippen LogP contribution in [0.15, 0.2) is 43.0 Å². The van der Waals surface area contributed by atoms with Gasteiger partial charge in [-0.25, -0.2) is 0 Å². The second-order valence-electron chi connectivity index (χ2n) is 5.15. The summed E-state index contributed by atoms with van der Waals surface area (Å²) in [7, 11) is 0. The molecule has 1 saturated carbocycles. The summed E-state index contributed by atoms with van der Waals surface area (Å²) in [4.78, 5) is 24.5. The van der Waals surface area contributed by atoms with Crippen molar-refractivity contribution in [1.82, 2.24) is 0 Å². The molecule has 0 spiro atoms. The zero-order chi connectivity index (χ0) is 14.6. The quantitative estimate of drug-likeness (QED) is 0.435. The van der Waals surface area contributed by atoms with E-state index in [1.807, 2.05) is 30.3 Å². The summed E-state index contributed by atoms with van der Waals surface area (Å²) in [5.41, 5.74) is 0.155. The molecule has 2 atom stereocenters. The molecule has 1 aliphatic rings. The van der Waals surface area contributed by atoms with Crippen LogP contribution in [0.2, 0.25) is 0 Å². The van der Waals surface area contributed by atoms with Crippen LogP contribution in [0.3, 0.4) is 0 Å². The van der Waals surface area contributed by atoms with Gasteiger partial charge in [0.2, 0.25) is 0 Å². The van der Waals surface area contributed by atoms with E-state index in [9.17, 15) is 9.59 Å². The summed E-state index contributed by atoms with van der Waals surface area (Å²) >= 11 is 0. The van der Waals surface area contributed by atoms with Crippen LogP contribution in [0, 0.1) is 11.3 Å². The van der Waals surface area contributed by atoms with Gasteiger partial charge in [0.05, 0.1) is 6.61 Å². The van der Waals surface area contributed by atoms with Crippen molar-refractivity contribution in [3.05, 3.63) is 48.6 Å². The maximum Gasteiger partial charge on any atom is 0.320 e. The van der Waals surface area contributed by atoms with Crippen molar-refractivity contribution in [2.75, 3.05) is 6.61 Å². The van der Waals surface area contributed by atoms with Gasteiger partial charge in [-0.15, -0.1) is 6.58 Å². The van der Waals surface area contributed by atoms with E-state index in [0.717, 1.165) is 5.56 Å². The molecule has 0 aliphatic heterocycles. The Morgan fingerprint density at radius 3 is 2.65 bits per heavy atom. The predicted octanol–water partition coefficient (Wildman–Crippen LogP) is 2.94. The van der Waals surface area contributed by atoms with Gasteiger partial charge in [-0.1, -0.05) is 36.4 Å². The summed E-state index contributed by atoms with van der Waals surface area (Å²) in [6, 6.07) is 9.82. The van der Waals surface area contributed by atoms with Crippen molar-refractivity contribution in [2.24, 2.45) is 11.3 Å². The first-order chi connectivity index (χ1) is 9.65. The van der Waals surface area contributed by atoms with Gasteiger partial charge in [0.1, 0.15) is 5.41 Å². The van der Waals surface area contributed by atoms with E-state index in [-0.39, 0.29) is 17.7 Å². The molecule has 1 aliphatic carbocycles. The number of allylic oxidation sites excluding steroid dienone is 1. The van der Waals surface area contributed by atoms with E-state index >= 15 is 0 Å². The minimum atomic E-state index is -0.952. The molecule has 3 nitrogen and oxygen atoms in total. The Bertz CT molecular complexity index is 506. The Kier molecular flexibility index (Phi) is 4.38. The number of esters is 1. The average Bonchev–Trinajstić information content (AvgIpc) is 3.22. The zero-order valence-corrected chi connectivity index (χ0v) is 11.8. The number of hydrogen-bond acceptors (Lipinski definition) is 3. The number of ether oxygens (including phenoxy) is 1. The van der Waals surface area contributed by atoms with E-state index in [0.29, 0.717) is 25.9 Å². The van der Waals surface area contributed by atoms with Crippen LogP contribution in [0.1, 0.15) is 25.3 Å². The summed E-state index contributed by atoms with van der Waals surface area (Å²) in [6.45, 7) is 5.76. The lowest BCUT2D eigenvalue weighted by atomic mass is 9.93. The van der Waals surface area contributed by atoms with Crippen molar-refractivity contribution in [1.29, 1.82) is 0 Å². The van der Waals surface area contributed by atoms with Crippen LogP contribution in [0.4, 0.5) is 0 Å². The second kappa shape index (κ2) is 6.04. The Hall–Kier alpha value is -1.90. The Morgan fingerprint density at radius 1 is 1.40 bits per heavy atom. The van der Waals surface area contributed by atoms with E-state index in [1.54, 1.807) is 13.0 Å². The van der Waals surface area contributed by atoms with Crippen molar-refractivity contribution in [3.63, 3.8) is 0 Å². The maximum atomic E-state index is 12.4. The van der Waals surface area contributed by atoms with Crippen LogP contribution < -0.4 is 0 Å². The normalized spacial score (nSPS) is 23.9. The molecule has 2 unspecified atom stereocenters. The summed E-state index contributed by atoms with van der Waals surface area (Å²) in [5.74, 6) is -0.475. The first kappa shape index (κ1) is 14.5. The first-order valence-electron chi connectivity index (χ1n) is 7.02. The van der Waals surface area contributed by atoms with Crippen molar-refractivity contribution >= 4 is 11.8 Å². The standard InChI is InChI=1S/C17H20O3/c1-3-14-12-17(14,16(19)20-4-2)15(18)11-10-13-8-6-5-7-9-13/h3,5-9,14H,1,4,10-12H2,2H3. The number of ketones is 1. The summed E-state index contributed by atoms with van der Waals surface area (Å²) < 4.78 is 5.07. The lowest BCUT2D eigenvalue weighted by Gasteiger charge is -2.14. The fraction of sp³-hybridized carbons (Fsp3) is 0.412. The fourth-order valence-electron chi connectivity index (χ4n) is 2.63. The van der Waals surface area contributed by atoms with Gasteiger partial charge in [-0.05, 0) is 25.3 Å². The number of carbonyl (C=O) groups is 2. The smallest absolute Gasteiger partial charge is 0.320 e. The minimum absolute atomic E-state index is 0.0234. The number of benzene rings is 1. The summed E-state index contributed by atoms with van der Waals surface area (Å²) in [6.07, 6.45) is 3.26. The van der Waals surface area contributed by atoms with Gasteiger partial charge in [-0.2, -0.15) is 0 Å². The third-order valence-electron chi connectivity index (χ3n) is 3.92.